The van der Waals surface area contributed by atoms with Crippen LogP contribution in [0, 0.1) is 0 Å². The highest BCUT2D eigenvalue weighted by atomic mass is 19.4. The number of carbonyl (C=O) groups excluding carboxylic acids is 2. The average molecular weight is 442 g/mol. The van der Waals surface area contributed by atoms with Crippen molar-refractivity contribution < 1.29 is 22.8 Å². The van der Waals surface area contributed by atoms with Crippen molar-refractivity contribution in [3.63, 3.8) is 0 Å². The van der Waals surface area contributed by atoms with Crippen LogP contribution in [0.15, 0.2) is 60.8 Å². The summed E-state index contributed by atoms with van der Waals surface area (Å²) in [5.74, 6) is -0.838. The zero-order valence-electron chi connectivity index (χ0n) is 17.4. The van der Waals surface area contributed by atoms with E-state index in [2.05, 4.69) is 20.6 Å². The molecule has 9 heteroatoms. The van der Waals surface area contributed by atoms with Gasteiger partial charge < -0.3 is 10.6 Å². The Bertz CT molecular complexity index is 1110. The van der Waals surface area contributed by atoms with E-state index in [-0.39, 0.29) is 29.9 Å². The predicted octanol–water partition coefficient (Wildman–Crippen LogP) is 4.23. The number of benzene rings is 1. The lowest BCUT2D eigenvalue weighted by atomic mass is 10.1. The van der Waals surface area contributed by atoms with E-state index in [0.29, 0.717) is 16.8 Å². The standard InChI is InChI=1S/C23H21F3N4O2/c1-14(2)29-22(32)20-8-4-7-19(30-20)21(31)28-13-15-9-10-18(27-12-15)16-5-3-6-17(11-16)23(24,25)26/h3-12,14H,13H2,1-2H3,(H,28,31)(H,29,32). The normalized spacial score (nSPS) is 11.3. The molecule has 0 aliphatic rings. The second kappa shape index (κ2) is 9.59. The fourth-order valence-electron chi connectivity index (χ4n) is 2.85. The first-order valence-electron chi connectivity index (χ1n) is 9.82. The van der Waals surface area contributed by atoms with Gasteiger partial charge in [-0.2, -0.15) is 13.2 Å². The molecule has 0 radical (unpaired) electrons. The lowest BCUT2D eigenvalue weighted by molar-refractivity contribution is -0.137. The Labute approximate surface area is 182 Å². The summed E-state index contributed by atoms with van der Waals surface area (Å²) in [6.45, 7) is 3.78. The number of rotatable bonds is 6. The second-order valence-corrected chi connectivity index (χ2v) is 7.35. The number of pyridine rings is 2. The molecule has 0 unspecified atom stereocenters. The monoisotopic (exact) mass is 442 g/mol. The Morgan fingerprint density at radius 3 is 2.28 bits per heavy atom. The van der Waals surface area contributed by atoms with Gasteiger partial charge in [-0.1, -0.05) is 24.3 Å². The first-order chi connectivity index (χ1) is 15.1. The third kappa shape index (κ3) is 5.90. The van der Waals surface area contributed by atoms with Gasteiger partial charge in [-0.05, 0) is 49.7 Å². The van der Waals surface area contributed by atoms with Gasteiger partial charge >= 0.3 is 6.18 Å². The maximum Gasteiger partial charge on any atom is 0.416 e. The molecular formula is C23H21F3N4O2. The van der Waals surface area contributed by atoms with Crippen molar-refractivity contribution in [2.24, 2.45) is 0 Å². The predicted molar refractivity (Wildman–Crippen MR) is 113 cm³/mol. The number of hydrogen-bond acceptors (Lipinski definition) is 4. The van der Waals surface area contributed by atoms with E-state index in [9.17, 15) is 22.8 Å². The highest BCUT2D eigenvalue weighted by Gasteiger charge is 2.30. The molecule has 2 N–H and O–H groups in total. The van der Waals surface area contributed by atoms with Gasteiger partial charge in [-0.15, -0.1) is 0 Å². The fraction of sp³-hybridized carbons (Fsp3) is 0.217. The molecule has 3 rings (SSSR count). The minimum atomic E-state index is -4.43. The van der Waals surface area contributed by atoms with Crippen LogP contribution in [0.1, 0.15) is 46.0 Å². The van der Waals surface area contributed by atoms with Gasteiger partial charge in [0, 0.05) is 24.3 Å². The zero-order chi connectivity index (χ0) is 23.3. The van der Waals surface area contributed by atoms with Crippen molar-refractivity contribution in [1.82, 2.24) is 20.6 Å². The number of nitrogens with zero attached hydrogens (tertiary/aromatic N) is 2. The summed E-state index contributed by atoms with van der Waals surface area (Å²) in [5, 5.41) is 5.40. The van der Waals surface area contributed by atoms with Crippen molar-refractivity contribution in [3.05, 3.63) is 83.3 Å². The minimum Gasteiger partial charge on any atom is -0.349 e. The number of halogens is 3. The first kappa shape index (κ1) is 22.9. The van der Waals surface area contributed by atoms with Crippen molar-refractivity contribution in [2.45, 2.75) is 32.6 Å². The summed E-state index contributed by atoms with van der Waals surface area (Å²) in [5.41, 5.74) is 0.869. The molecule has 0 aliphatic carbocycles. The third-order valence-electron chi connectivity index (χ3n) is 4.40. The molecule has 1 aromatic carbocycles. The van der Waals surface area contributed by atoms with Crippen molar-refractivity contribution in [1.29, 1.82) is 0 Å². The number of alkyl halides is 3. The zero-order valence-corrected chi connectivity index (χ0v) is 17.4. The molecule has 0 fully saturated rings. The maximum absolute atomic E-state index is 12.9. The Balaban J connectivity index is 1.65. The van der Waals surface area contributed by atoms with Gasteiger partial charge in [0.1, 0.15) is 11.4 Å². The highest BCUT2D eigenvalue weighted by Crippen LogP contribution is 2.31. The third-order valence-corrected chi connectivity index (χ3v) is 4.40. The summed E-state index contributed by atoms with van der Waals surface area (Å²) in [7, 11) is 0. The molecule has 2 amide bonds. The molecule has 3 aromatic rings. The van der Waals surface area contributed by atoms with Gasteiger partial charge in [0.15, 0.2) is 0 Å². The lowest BCUT2D eigenvalue weighted by Crippen LogP contribution is -2.31. The number of carbonyl (C=O) groups is 2. The second-order valence-electron chi connectivity index (χ2n) is 7.35. The molecule has 32 heavy (non-hydrogen) atoms. The smallest absolute Gasteiger partial charge is 0.349 e. The Kier molecular flexibility index (Phi) is 6.87. The van der Waals surface area contributed by atoms with Gasteiger partial charge in [-0.25, -0.2) is 4.98 Å². The summed E-state index contributed by atoms with van der Waals surface area (Å²) >= 11 is 0. The van der Waals surface area contributed by atoms with E-state index in [4.69, 9.17) is 0 Å². The highest BCUT2D eigenvalue weighted by molar-refractivity contribution is 5.96. The van der Waals surface area contributed by atoms with Crippen LogP contribution < -0.4 is 10.6 Å². The molecule has 0 saturated carbocycles. The Hall–Kier alpha value is -3.75. The molecule has 2 aromatic heterocycles. The number of amides is 2. The largest absolute Gasteiger partial charge is 0.416 e. The van der Waals surface area contributed by atoms with Crippen LogP contribution in [0.5, 0.6) is 0 Å². The Morgan fingerprint density at radius 2 is 1.66 bits per heavy atom. The fourth-order valence-corrected chi connectivity index (χ4v) is 2.85. The molecule has 166 valence electrons. The summed E-state index contributed by atoms with van der Waals surface area (Å²) in [4.78, 5) is 32.7. The van der Waals surface area contributed by atoms with E-state index < -0.39 is 17.6 Å². The number of hydrogen-bond donors (Lipinski definition) is 2. The molecule has 0 saturated heterocycles. The lowest BCUT2D eigenvalue weighted by Gasteiger charge is -2.10. The van der Waals surface area contributed by atoms with Crippen LogP contribution in [0.3, 0.4) is 0 Å². The van der Waals surface area contributed by atoms with E-state index in [1.165, 1.54) is 24.4 Å². The van der Waals surface area contributed by atoms with Crippen LogP contribution in [0.4, 0.5) is 13.2 Å². The van der Waals surface area contributed by atoms with Crippen molar-refractivity contribution in [3.8, 4) is 11.3 Å². The Morgan fingerprint density at radius 1 is 0.969 bits per heavy atom. The average Bonchev–Trinajstić information content (AvgIpc) is 2.77. The van der Waals surface area contributed by atoms with E-state index in [0.717, 1.165) is 12.1 Å². The molecule has 0 bridgehead atoms. The molecule has 2 heterocycles. The van der Waals surface area contributed by atoms with Crippen LogP contribution in [-0.4, -0.2) is 27.8 Å². The van der Waals surface area contributed by atoms with Gasteiger partial charge in [-0.3, -0.25) is 14.6 Å². The van der Waals surface area contributed by atoms with Crippen molar-refractivity contribution >= 4 is 11.8 Å². The minimum absolute atomic E-state index is 0.0619. The van der Waals surface area contributed by atoms with Crippen LogP contribution >= 0.6 is 0 Å². The van der Waals surface area contributed by atoms with E-state index in [1.54, 1.807) is 24.3 Å². The first-order valence-corrected chi connectivity index (χ1v) is 9.82. The van der Waals surface area contributed by atoms with E-state index in [1.807, 2.05) is 13.8 Å². The SMILES string of the molecule is CC(C)NC(=O)c1cccc(C(=O)NCc2ccc(-c3cccc(C(F)(F)F)c3)nc2)n1. The topological polar surface area (TPSA) is 84.0 Å². The van der Waals surface area contributed by atoms with Gasteiger partial charge in [0.2, 0.25) is 0 Å². The number of aromatic nitrogens is 2. The quantitative estimate of drug-likeness (QED) is 0.599. The van der Waals surface area contributed by atoms with Crippen LogP contribution in [-0.2, 0) is 12.7 Å². The summed E-state index contributed by atoms with van der Waals surface area (Å²) < 4.78 is 38.7. The molecular weight excluding hydrogens is 421 g/mol. The maximum atomic E-state index is 12.9. The van der Waals surface area contributed by atoms with Crippen molar-refractivity contribution in [2.75, 3.05) is 0 Å². The molecule has 0 spiro atoms. The summed E-state index contributed by atoms with van der Waals surface area (Å²) in [6, 6.07) is 12.7. The molecule has 0 atom stereocenters. The van der Waals surface area contributed by atoms with Gasteiger partial charge in [0.05, 0.1) is 11.3 Å². The van der Waals surface area contributed by atoms with Crippen LogP contribution in [0.2, 0.25) is 0 Å². The summed E-state index contributed by atoms with van der Waals surface area (Å²) in [6.07, 6.45) is -2.95. The van der Waals surface area contributed by atoms with E-state index >= 15 is 0 Å². The molecule has 0 aliphatic heterocycles. The van der Waals surface area contributed by atoms with Gasteiger partial charge in [0.25, 0.3) is 11.8 Å². The molecule has 6 nitrogen and oxygen atoms in total. The number of nitrogens with one attached hydrogen (secondary N) is 2. The van der Waals surface area contributed by atoms with Crippen LogP contribution in [0.25, 0.3) is 11.3 Å².